The number of urea groups is 1. The van der Waals surface area contributed by atoms with Gasteiger partial charge in [-0.25, -0.2) is 4.79 Å². The molecule has 1 aliphatic rings. The number of anilines is 1. The fraction of sp³-hybridized carbons (Fsp3) is 0.273. The standard InChI is InChI=1S/C11H13N3O2/c12-8-3-1-7(2-4-8)11(5-6-11)9(15)14-10(13)16/h1-4H,5-6,12H2,(H3,13,14,15,16). The van der Waals surface area contributed by atoms with Gasteiger partial charge in [0.05, 0.1) is 5.41 Å². The number of nitrogens with one attached hydrogen (secondary N) is 1. The quantitative estimate of drug-likeness (QED) is 0.631. The fourth-order valence-electron chi connectivity index (χ4n) is 1.81. The Morgan fingerprint density at radius 2 is 1.75 bits per heavy atom. The Balaban J connectivity index is 2.22. The molecule has 0 radical (unpaired) electrons. The minimum Gasteiger partial charge on any atom is -0.399 e. The van der Waals surface area contributed by atoms with Gasteiger partial charge < -0.3 is 11.5 Å². The van der Waals surface area contributed by atoms with Crippen molar-refractivity contribution in [1.29, 1.82) is 0 Å². The number of hydrogen-bond donors (Lipinski definition) is 3. The van der Waals surface area contributed by atoms with Crippen LogP contribution >= 0.6 is 0 Å². The Kier molecular flexibility index (Phi) is 2.30. The van der Waals surface area contributed by atoms with Gasteiger partial charge in [-0.05, 0) is 30.5 Å². The van der Waals surface area contributed by atoms with Gasteiger partial charge in [0.2, 0.25) is 5.91 Å². The summed E-state index contributed by atoms with van der Waals surface area (Å²) in [5.74, 6) is -0.329. The number of rotatable bonds is 2. The van der Waals surface area contributed by atoms with Crippen molar-refractivity contribution < 1.29 is 9.59 Å². The summed E-state index contributed by atoms with van der Waals surface area (Å²) >= 11 is 0. The number of imide groups is 1. The van der Waals surface area contributed by atoms with Crippen LogP contribution in [0.25, 0.3) is 0 Å². The molecule has 0 heterocycles. The van der Waals surface area contributed by atoms with Gasteiger partial charge in [0, 0.05) is 5.69 Å². The first-order valence-electron chi connectivity index (χ1n) is 5.01. The van der Waals surface area contributed by atoms with Crippen molar-refractivity contribution in [3.63, 3.8) is 0 Å². The lowest BCUT2D eigenvalue weighted by Gasteiger charge is -2.14. The second-order valence-electron chi connectivity index (χ2n) is 4.02. The van der Waals surface area contributed by atoms with Gasteiger partial charge >= 0.3 is 6.03 Å². The summed E-state index contributed by atoms with van der Waals surface area (Å²) in [6, 6.07) is 6.29. The van der Waals surface area contributed by atoms with Gasteiger partial charge in [-0.3, -0.25) is 10.1 Å². The zero-order valence-corrected chi connectivity index (χ0v) is 8.69. The van der Waals surface area contributed by atoms with Crippen molar-refractivity contribution in [1.82, 2.24) is 5.32 Å². The summed E-state index contributed by atoms with van der Waals surface area (Å²) in [6.07, 6.45) is 1.46. The van der Waals surface area contributed by atoms with E-state index in [0.717, 1.165) is 18.4 Å². The summed E-state index contributed by atoms with van der Waals surface area (Å²) in [6.45, 7) is 0. The molecule has 0 spiro atoms. The van der Waals surface area contributed by atoms with E-state index in [2.05, 4.69) is 5.32 Å². The van der Waals surface area contributed by atoms with Gasteiger partial charge in [0.25, 0.3) is 0 Å². The number of nitrogen functional groups attached to an aromatic ring is 1. The molecule has 0 bridgehead atoms. The van der Waals surface area contributed by atoms with Crippen LogP contribution in [-0.2, 0) is 10.2 Å². The normalized spacial score (nSPS) is 16.5. The molecule has 5 heteroatoms. The molecular formula is C11H13N3O2. The smallest absolute Gasteiger partial charge is 0.318 e. The number of amides is 3. The number of hydrogen-bond acceptors (Lipinski definition) is 3. The van der Waals surface area contributed by atoms with Gasteiger partial charge in [0.1, 0.15) is 0 Å². The van der Waals surface area contributed by atoms with E-state index in [1.54, 1.807) is 12.1 Å². The molecule has 2 rings (SSSR count). The number of nitrogens with two attached hydrogens (primary N) is 2. The summed E-state index contributed by atoms with van der Waals surface area (Å²) in [5, 5.41) is 2.13. The largest absolute Gasteiger partial charge is 0.399 e. The summed E-state index contributed by atoms with van der Waals surface area (Å²) in [4.78, 5) is 22.4. The van der Waals surface area contributed by atoms with Crippen LogP contribution in [0, 0.1) is 0 Å². The van der Waals surface area contributed by atoms with Crippen molar-refractivity contribution in [2.45, 2.75) is 18.3 Å². The second-order valence-corrected chi connectivity index (χ2v) is 4.02. The van der Waals surface area contributed by atoms with Gasteiger partial charge in [-0.1, -0.05) is 12.1 Å². The Morgan fingerprint density at radius 3 is 2.19 bits per heavy atom. The molecule has 1 saturated carbocycles. The number of benzene rings is 1. The molecule has 1 aromatic carbocycles. The SMILES string of the molecule is NC(=O)NC(=O)C1(c2ccc(N)cc2)CC1. The molecule has 16 heavy (non-hydrogen) atoms. The topological polar surface area (TPSA) is 98.2 Å². The van der Waals surface area contributed by atoms with E-state index in [4.69, 9.17) is 11.5 Å². The Bertz CT molecular complexity index is 435. The number of carbonyl (C=O) groups excluding carboxylic acids is 2. The molecule has 1 fully saturated rings. The van der Waals surface area contributed by atoms with Crippen LogP contribution in [-0.4, -0.2) is 11.9 Å². The summed E-state index contributed by atoms with van der Waals surface area (Å²) in [7, 11) is 0. The Labute approximate surface area is 92.8 Å². The molecule has 84 valence electrons. The molecule has 3 amide bonds. The van der Waals surface area contributed by atoms with Crippen molar-refractivity contribution in [2.75, 3.05) is 5.73 Å². The molecule has 0 atom stereocenters. The predicted molar refractivity (Wildman–Crippen MR) is 59.5 cm³/mol. The van der Waals surface area contributed by atoms with Crippen LogP contribution in [0.2, 0.25) is 0 Å². The van der Waals surface area contributed by atoms with Crippen LogP contribution < -0.4 is 16.8 Å². The first kappa shape index (κ1) is 10.5. The van der Waals surface area contributed by atoms with Crippen molar-refractivity contribution in [2.24, 2.45) is 5.73 Å². The van der Waals surface area contributed by atoms with Crippen LogP contribution in [0.5, 0.6) is 0 Å². The van der Waals surface area contributed by atoms with E-state index in [1.165, 1.54) is 0 Å². The van der Waals surface area contributed by atoms with E-state index in [0.29, 0.717) is 5.69 Å². The zero-order valence-electron chi connectivity index (χ0n) is 8.69. The fourth-order valence-corrected chi connectivity index (χ4v) is 1.81. The third-order valence-corrected chi connectivity index (χ3v) is 2.88. The Morgan fingerprint density at radius 1 is 1.19 bits per heavy atom. The summed E-state index contributed by atoms with van der Waals surface area (Å²) < 4.78 is 0. The zero-order chi connectivity index (χ0) is 11.8. The van der Waals surface area contributed by atoms with Crippen LogP contribution in [0.4, 0.5) is 10.5 Å². The first-order valence-corrected chi connectivity index (χ1v) is 5.01. The predicted octanol–water partition coefficient (Wildman–Crippen LogP) is 0.495. The van der Waals surface area contributed by atoms with Gasteiger partial charge in [-0.15, -0.1) is 0 Å². The summed E-state index contributed by atoms with van der Waals surface area (Å²) in [5.41, 5.74) is 11.4. The average Bonchev–Trinajstić information content (AvgIpc) is 2.98. The molecule has 1 aliphatic carbocycles. The monoisotopic (exact) mass is 219 g/mol. The lowest BCUT2D eigenvalue weighted by molar-refractivity contribution is -0.122. The lowest BCUT2D eigenvalue weighted by Crippen LogP contribution is -2.41. The van der Waals surface area contributed by atoms with E-state index < -0.39 is 11.4 Å². The Hall–Kier alpha value is -2.04. The molecule has 5 nitrogen and oxygen atoms in total. The highest BCUT2D eigenvalue weighted by Gasteiger charge is 2.51. The van der Waals surface area contributed by atoms with Crippen LogP contribution in [0.1, 0.15) is 18.4 Å². The minimum atomic E-state index is -0.813. The van der Waals surface area contributed by atoms with Crippen molar-refractivity contribution in [3.05, 3.63) is 29.8 Å². The number of carbonyl (C=O) groups is 2. The molecule has 5 N–H and O–H groups in total. The molecular weight excluding hydrogens is 206 g/mol. The minimum absolute atomic E-state index is 0.329. The van der Waals surface area contributed by atoms with E-state index in [9.17, 15) is 9.59 Å². The van der Waals surface area contributed by atoms with E-state index in [1.807, 2.05) is 12.1 Å². The highest BCUT2D eigenvalue weighted by Crippen LogP contribution is 2.48. The van der Waals surface area contributed by atoms with Gasteiger partial charge in [0.15, 0.2) is 0 Å². The molecule has 0 saturated heterocycles. The van der Waals surface area contributed by atoms with Crippen LogP contribution in [0.3, 0.4) is 0 Å². The lowest BCUT2D eigenvalue weighted by atomic mass is 9.95. The maximum atomic E-state index is 11.8. The van der Waals surface area contributed by atoms with Gasteiger partial charge in [-0.2, -0.15) is 0 Å². The van der Waals surface area contributed by atoms with E-state index >= 15 is 0 Å². The average molecular weight is 219 g/mol. The second kappa shape index (κ2) is 3.52. The highest BCUT2D eigenvalue weighted by atomic mass is 16.2. The third kappa shape index (κ3) is 1.71. The molecule has 0 aromatic heterocycles. The maximum absolute atomic E-state index is 11.8. The first-order chi connectivity index (χ1) is 7.54. The molecule has 0 aliphatic heterocycles. The highest BCUT2D eigenvalue weighted by molar-refractivity contribution is 6.01. The van der Waals surface area contributed by atoms with Crippen LogP contribution in [0.15, 0.2) is 24.3 Å². The third-order valence-electron chi connectivity index (χ3n) is 2.88. The molecule has 1 aromatic rings. The van der Waals surface area contributed by atoms with E-state index in [-0.39, 0.29) is 5.91 Å². The maximum Gasteiger partial charge on any atom is 0.318 e. The molecule has 0 unspecified atom stereocenters. The van der Waals surface area contributed by atoms with Crippen molar-refractivity contribution >= 4 is 17.6 Å². The van der Waals surface area contributed by atoms with Crippen molar-refractivity contribution in [3.8, 4) is 0 Å². The number of primary amides is 1.